The molecule has 2 aromatic heterocycles. The fourth-order valence-electron chi connectivity index (χ4n) is 2.56. The quantitative estimate of drug-likeness (QED) is 0.674. The number of ether oxygens (including phenoxy) is 1. The van der Waals surface area contributed by atoms with Gasteiger partial charge in [-0.25, -0.2) is 4.98 Å². The second-order valence-electron chi connectivity index (χ2n) is 5.98. The van der Waals surface area contributed by atoms with Gasteiger partial charge in [0.25, 0.3) is 5.91 Å². The Morgan fingerprint density at radius 3 is 3.00 bits per heavy atom. The topological polar surface area (TPSA) is 113 Å². The lowest BCUT2D eigenvalue weighted by Gasteiger charge is -2.10. The number of rotatable bonds is 7. The minimum absolute atomic E-state index is 0.0349. The minimum Gasteiger partial charge on any atom is -0.376 e. The average molecular weight is 376 g/mol. The molecule has 1 fully saturated rings. The molecule has 138 valence electrons. The number of amides is 2. The Kier molecular flexibility index (Phi) is 6.13. The maximum Gasteiger partial charge on any atom is 0.258 e. The molecule has 3 N–H and O–H groups in total. The molecule has 3 heterocycles. The van der Waals surface area contributed by atoms with Crippen LogP contribution in [0.25, 0.3) is 0 Å². The smallest absolute Gasteiger partial charge is 0.258 e. The number of aryl methyl sites for hydroxylation is 1. The molecular weight excluding hydrogens is 356 g/mol. The Bertz CT molecular complexity index is 806. The number of carbonyl (C=O) groups is 2. The molecule has 1 aliphatic heterocycles. The van der Waals surface area contributed by atoms with E-state index in [-0.39, 0.29) is 23.5 Å². The Labute approximate surface area is 154 Å². The lowest BCUT2D eigenvalue weighted by Crippen LogP contribution is -2.31. The fraction of sp³-hybridized carbons (Fsp3) is 0.412. The van der Waals surface area contributed by atoms with Gasteiger partial charge in [-0.05, 0) is 25.3 Å². The number of carbonyl (C=O) groups excluding carboxylic acids is 2. The van der Waals surface area contributed by atoms with Crippen LogP contribution in [0.15, 0.2) is 28.5 Å². The van der Waals surface area contributed by atoms with Crippen LogP contribution in [0.2, 0.25) is 0 Å². The third-order valence-corrected chi connectivity index (χ3v) is 4.78. The summed E-state index contributed by atoms with van der Waals surface area (Å²) >= 11 is 1.29. The zero-order valence-corrected chi connectivity index (χ0v) is 14.9. The number of hydrogen-bond donors (Lipinski definition) is 3. The van der Waals surface area contributed by atoms with Gasteiger partial charge >= 0.3 is 0 Å². The number of pyridine rings is 1. The number of nitrogens with one attached hydrogen (secondary N) is 3. The minimum atomic E-state index is -0.351. The molecule has 0 aromatic carbocycles. The highest BCUT2D eigenvalue weighted by atomic mass is 32.1. The van der Waals surface area contributed by atoms with Crippen LogP contribution in [0.1, 0.15) is 35.3 Å². The number of thiazole rings is 1. The Hall–Kier alpha value is -2.52. The van der Waals surface area contributed by atoms with Gasteiger partial charge in [0.15, 0.2) is 5.13 Å². The van der Waals surface area contributed by atoms with Crippen molar-refractivity contribution < 1.29 is 14.3 Å². The van der Waals surface area contributed by atoms with Gasteiger partial charge in [-0.15, -0.1) is 11.3 Å². The highest BCUT2D eigenvalue weighted by Gasteiger charge is 2.16. The van der Waals surface area contributed by atoms with Gasteiger partial charge in [0, 0.05) is 37.2 Å². The van der Waals surface area contributed by atoms with Crippen molar-refractivity contribution in [2.45, 2.75) is 31.8 Å². The fourth-order valence-corrected chi connectivity index (χ4v) is 3.30. The molecule has 3 rings (SSSR count). The molecule has 2 aromatic rings. The zero-order chi connectivity index (χ0) is 18.4. The molecule has 2 amide bonds. The van der Waals surface area contributed by atoms with E-state index in [1.54, 1.807) is 0 Å². The maximum atomic E-state index is 12.1. The predicted octanol–water partition coefficient (Wildman–Crippen LogP) is 1.31. The normalized spacial score (nSPS) is 16.4. The molecule has 0 bridgehead atoms. The number of aromatic nitrogens is 2. The standard InChI is InChI=1S/C17H20N4O4S/c22-14-5-3-11(8-18-14)16(24)21-17-20-12(10-26-17)4-6-15(23)19-9-13-2-1-7-25-13/h3,5,8,10,13H,1-2,4,6-7,9H2,(H,18,22)(H,19,23)(H,20,21,24). The van der Waals surface area contributed by atoms with E-state index in [2.05, 4.69) is 20.6 Å². The molecule has 9 heteroatoms. The molecule has 0 radical (unpaired) electrons. The lowest BCUT2D eigenvalue weighted by molar-refractivity contribution is -0.121. The van der Waals surface area contributed by atoms with Crippen LogP contribution in [0.5, 0.6) is 0 Å². The molecule has 0 spiro atoms. The van der Waals surface area contributed by atoms with Crippen LogP contribution < -0.4 is 16.2 Å². The van der Waals surface area contributed by atoms with Crippen LogP contribution >= 0.6 is 11.3 Å². The van der Waals surface area contributed by atoms with E-state index >= 15 is 0 Å². The molecule has 8 nitrogen and oxygen atoms in total. The lowest BCUT2D eigenvalue weighted by atomic mass is 10.2. The molecule has 1 saturated heterocycles. The van der Waals surface area contributed by atoms with E-state index < -0.39 is 0 Å². The summed E-state index contributed by atoms with van der Waals surface area (Å²) in [5.74, 6) is -0.385. The molecule has 0 aliphatic carbocycles. The number of anilines is 1. The van der Waals surface area contributed by atoms with E-state index in [1.807, 2.05) is 5.38 Å². The summed E-state index contributed by atoms with van der Waals surface area (Å²) in [6, 6.07) is 2.73. The van der Waals surface area contributed by atoms with Crippen molar-refractivity contribution in [3.8, 4) is 0 Å². The molecular formula is C17H20N4O4S. The molecule has 26 heavy (non-hydrogen) atoms. The highest BCUT2D eigenvalue weighted by molar-refractivity contribution is 7.14. The summed E-state index contributed by atoms with van der Waals surface area (Å²) < 4.78 is 5.46. The monoisotopic (exact) mass is 376 g/mol. The number of nitrogens with zero attached hydrogens (tertiary/aromatic N) is 1. The first kappa shape index (κ1) is 18.3. The largest absolute Gasteiger partial charge is 0.376 e. The van der Waals surface area contributed by atoms with Crippen molar-refractivity contribution in [2.24, 2.45) is 0 Å². The number of H-pyrrole nitrogens is 1. The number of aromatic amines is 1. The van der Waals surface area contributed by atoms with Gasteiger partial charge in [-0.2, -0.15) is 0 Å². The third kappa shape index (κ3) is 5.24. The highest BCUT2D eigenvalue weighted by Crippen LogP contribution is 2.17. The van der Waals surface area contributed by atoms with Crippen molar-refractivity contribution in [2.75, 3.05) is 18.5 Å². The first-order chi connectivity index (χ1) is 12.6. The zero-order valence-electron chi connectivity index (χ0n) is 14.1. The Morgan fingerprint density at radius 2 is 2.27 bits per heavy atom. The summed E-state index contributed by atoms with van der Waals surface area (Å²) in [7, 11) is 0. The predicted molar refractivity (Wildman–Crippen MR) is 97.4 cm³/mol. The van der Waals surface area contributed by atoms with E-state index in [1.165, 1.54) is 29.7 Å². The van der Waals surface area contributed by atoms with Crippen LogP contribution in [0.4, 0.5) is 5.13 Å². The van der Waals surface area contributed by atoms with Crippen molar-refractivity contribution in [3.63, 3.8) is 0 Å². The van der Waals surface area contributed by atoms with Gasteiger partial charge < -0.3 is 15.0 Å². The van der Waals surface area contributed by atoms with Gasteiger partial charge in [0.1, 0.15) is 0 Å². The van der Waals surface area contributed by atoms with Crippen molar-refractivity contribution in [3.05, 3.63) is 45.3 Å². The molecule has 1 aliphatic rings. The van der Waals surface area contributed by atoms with Crippen LogP contribution in [-0.2, 0) is 16.0 Å². The van der Waals surface area contributed by atoms with Gasteiger partial charge in [-0.3, -0.25) is 19.7 Å². The SMILES string of the molecule is O=C(CCc1csc(NC(=O)c2ccc(=O)[nH]c2)n1)NCC1CCCO1. The van der Waals surface area contributed by atoms with Gasteiger partial charge in [0.05, 0.1) is 17.4 Å². The van der Waals surface area contributed by atoms with Crippen LogP contribution in [0.3, 0.4) is 0 Å². The van der Waals surface area contributed by atoms with Gasteiger partial charge in [0.2, 0.25) is 11.5 Å². The van der Waals surface area contributed by atoms with E-state index in [0.717, 1.165) is 25.1 Å². The maximum absolute atomic E-state index is 12.1. The summed E-state index contributed by atoms with van der Waals surface area (Å²) in [6.07, 6.45) is 4.36. The van der Waals surface area contributed by atoms with E-state index in [0.29, 0.717) is 30.1 Å². The van der Waals surface area contributed by atoms with Crippen LogP contribution in [-0.4, -0.2) is 41.0 Å². The Morgan fingerprint density at radius 1 is 1.38 bits per heavy atom. The second kappa shape index (κ2) is 8.72. The van der Waals surface area contributed by atoms with Crippen molar-refractivity contribution in [1.29, 1.82) is 0 Å². The number of hydrogen-bond acceptors (Lipinski definition) is 6. The summed E-state index contributed by atoms with van der Waals surface area (Å²) in [6.45, 7) is 1.32. The third-order valence-electron chi connectivity index (χ3n) is 3.98. The first-order valence-corrected chi connectivity index (χ1v) is 9.31. The first-order valence-electron chi connectivity index (χ1n) is 8.43. The van der Waals surface area contributed by atoms with E-state index in [4.69, 9.17) is 4.74 Å². The second-order valence-corrected chi connectivity index (χ2v) is 6.84. The molecule has 0 saturated carbocycles. The molecule has 1 unspecified atom stereocenters. The van der Waals surface area contributed by atoms with Crippen LogP contribution in [0, 0.1) is 0 Å². The van der Waals surface area contributed by atoms with Gasteiger partial charge in [-0.1, -0.05) is 0 Å². The molecule has 1 atom stereocenters. The average Bonchev–Trinajstić information content (AvgIpc) is 3.30. The summed E-state index contributed by atoms with van der Waals surface area (Å²) in [4.78, 5) is 41.7. The van der Waals surface area contributed by atoms with Crippen molar-refractivity contribution in [1.82, 2.24) is 15.3 Å². The summed E-state index contributed by atoms with van der Waals surface area (Å²) in [5, 5.41) is 7.82. The summed E-state index contributed by atoms with van der Waals surface area (Å²) in [5.41, 5.74) is 0.824. The Balaban J connectivity index is 1.43. The van der Waals surface area contributed by atoms with E-state index in [9.17, 15) is 14.4 Å². The van der Waals surface area contributed by atoms with Crippen molar-refractivity contribution >= 4 is 28.3 Å².